The van der Waals surface area contributed by atoms with Gasteiger partial charge < -0.3 is 0 Å². The van der Waals surface area contributed by atoms with E-state index in [0.717, 1.165) is 29.5 Å². The van der Waals surface area contributed by atoms with E-state index in [0.29, 0.717) is 22.0 Å². The summed E-state index contributed by atoms with van der Waals surface area (Å²) in [7, 11) is 0. The SMILES string of the molecule is Cc1ccccc1-c1c(Cl)nc(CCC(C)C)nc1Cl. The van der Waals surface area contributed by atoms with Crippen LogP contribution < -0.4 is 0 Å². The number of rotatable bonds is 4. The molecule has 0 bridgehead atoms. The molecule has 0 saturated heterocycles. The van der Waals surface area contributed by atoms with Crippen molar-refractivity contribution in [2.75, 3.05) is 0 Å². The van der Waals surface area contributed by atoms with Crippen LogP contribution in [0.5, 0.6) is 0 Å². The molecule has 0 radical (unpaired) electrons. The van der Waals surface area contributed by atoms with Crippen LogP contribution in [0.15, 0.2) is 24.3 Å². The van der Waals surface area contributed by atoms with Gasteiger partial charge in [0.25, 0.3) is 0 Å². The van der Waals surface area contributed by atoms with E-state index in [1.807, 2.05) is 31.2 Å². The maximum atomic E-state index is 6.32. The lowest BCUT2D eigenvalue weighted by Crippen LogP contribution is -2.01. The molecular formula is C16H18Cl2N2. The van der Waals surface area contributed by atoms with Crippen LogP contribution in [0.2, 0.25) is 10.3 Å². The van der Waals surface area contributed by atoms with Gasteiger partial charge in [-0.05, 0) is 30.4 Å². The zero-order chi connectivity index (χ0) is 14.7. The van der Waals surface area contributed by atoms with Gasteiger partial charge in [0.2, 0.25) is 0 Å². The molecule has 0 fully saturated rings. The Kier molecular flexibility index (Phi) is 5.00. The summed E-state index contributed by atoms with van der Waals surface area (Å²) in [6, 6.07) is 7.95. The van der Waals surface area contributed by atoms with Gasteiger partial charge in [-0.2, -0.15) is 0 Å². The van der Waals surface area contributed by atoms with E-state index in [1.165, 1.54) is 0 Å². The van der Waals surface area contributed by atoms with Crippen LogP contribution in [0.4, 0.5) is 0 Å². The molecule has 0 atom stereocenters. The van der Waals surface area contributed by atoms with E-state index in [-0.39, 0.29) is 0 Å². The summed E-state index contributed by atoms with van der Waals surface area (Å²) in [5.74, 6) is 1.32. The molecule has 2 rings (SSSR count). The van der Waals surface area contributed by atoms with E-state index in [9.17, 15) is 0 Å². The van der Waals surface area contributed by atoms with Crippen LogP contribution in [0.1, 0.15) is 31.7 Å². The molecule has 0 unspecified atom stereocenters. The number of hydrogen-bond donors (Lipinski definition) is 0. The molecule has 0 spiro atoms. The van der Waals surface area contributed by atoms with Crippen molar-refractivity contribution in [1.82, 2.24) is 9.97 Å². The van der Waals surface area contributed by atoms with Gasteiger partial charge in [-0.15, -0.1) is 0 Å². The summed E-state index contributed by atoms with van der Waals surface area (Å²) >= 11 is 12.6. The van der Waals surface area contributed by atoms with Crippen LogP contribution in [-0.4, -0.2) is 9.97 Å². The molecule has 4 heteroatoms. The zero-order valence-electron chi connectivity index (χ0n) is 12.0. The van der Waals surface area contributed by atoms with E-state index < -0.39 is 0 Å². The summed E-state index contributed by atoms with van der Waals surface area (Å²) in [6.07, 6.45) is 1.82. The summed E-state index contributed by atoms with van der Waals surface area (Å²) in [5, 5.41) is 0.858. The lowest BCUT2D eigenvalue weighted by molar-refractivity contribution is 0.575. The van der Waals surface area contributed by atoms with Crippen molar-refractivity contribution >= 4 is 23.2 Å². The van der Waals surface area contributed by atoms with Crippen molar-refractivity contribution in [3.8, 4) is 11.1 Å². The minimum Gasteiger partial charge on any atom is -0.220 e. The molecule has 0 aliphatic rings. The smallest absolute Gasteiger partial charge is 0.142 e. The average Bonchev–Trinajstić information content (AvgIpc) is 2.38. The molecular weight excluding hydrogens is 291 g/mol. The Hall–Kier alpha value is -1.12. The minimum absolute atomic E-state index is 0.429. The van der Waals surface area contributed by atoms with E-state index in [1.54, 1.807) is 0 Å². The fourth-order valence-electron chi connectivity index (χ4n) is 2.05. The second-order valence-corrected chi connectivity index (χ2v) is 6.06. The second kappa shape index (κ2) is 6.55. The van der Waals surface area contributed by atoms with Crippen molar-refractivity contribution in [2.24, 2.45) is 5.92 Å². The Morgan fingerprint density at radius 1 is 1.05 bits per heavy atom. The maximum absolute atomic E-state index is 6.32. The topological polar surface area (TPSA) is 25.8 Å². The third kappa shape index (κ3) is 3.50. The van der Waals surface area contributed by atoms with Gasteiger partial charge in [-0.25, -0.2) is 9.97 Å². The monoisotopic (exact) mass is 308 g/mol. The lowest BCUT2D eigenvalue weighted by Gasteiger charge is -2.11. The summed E-state index contributed by atoms with van der Waals surface area (Å²) in [6.45, 7) is 6.37. The van der Waals surface area contributed by atoms with Crippen LogP contribution in [0.3, 0.4) is 0 Å². The van der Waals surface area contributed by atoms with Crippen LogP contribution in [0, 0.1) is 12.8 Å². The predicted octanol–water partition coefficient (Wildman–Crippen LogP) is 5.35. The Balaban J connectivity index is 2.39. The van der Waals surface area contributed by atoms with Crippen LogP contribution >= 0.6 is 23.2 Å². The highest BCUT2D eigenvalue weighted by Crippen LogP contribution is 2.34. The van der Waals surface area contributed by atoms with Gasteiger partial charge in [0.05, 0.1) is 5.56 Å². The third-order valence-electron chi connectivity index (χ3n) is 3.23. The molecule has 0 aliphatic carbocycles. The normalized spacial score (nSPS) is 11.1. The summed E-state index contributed by atoms with van der Waals surface area (Å²) < 4.78 is 0. The lowest BCUT2D eigenvalue weighted by atomic mass is 10.0. The molecule has 1 aromatic heterocycles. The molecule has 0 amide bonds. The minimum atomic E-state index is 0.429. The molecule has 0 N–H and O–H groups in total. The highest BCUT2D eigenvalue weighted by molar-refractivity contribution is 6.37. The number of halogens is 2. The third-order valence-corrected chi connectivity index (χ3v) is 3.77. The Bertz CT molecular complexity index is 586. The maximum Gasteiger partial charge on any atom is 0.142 e. The average molecular weight is 309 g/mol. The highest BCUT2D eigenvalue weighted by atomic mass is 35.5. The molecule has 1 heterocycles. The zero-order valence-corrected chi connectivity index (χ0v) is 13.5. The van der Waals surface area contributed by atoms with Gasteiger partial charge in [0.15, 0.2) is 0 Å². The Morgan fingerprint density at radius 3 is 2.20 bits per heavy atom. The molecule has 1 aromatic carbocycles. The summed E-state index contributed by atoms with van der Waals surface area (Å²) in [5.41, 5.74) is 2.81. The first-order chi connectivity index (χ1) is 9.49. The molecule has 0 aliphatic heterocycles. The first-order valence-electron chi connectivity index (χ1n) is 6.77. The number of benzene rings is 1. The first-order valence-corrected chi connectivity index (χ1v) is 7.52. The van der Waals surface area contributed by atoms with Gasteiger partial charge in [-0.1, -0.05) is 61.3 Å². The van der Waals surface area contributed by atoms with Crippen molar-refractivity contribution in [3.63, 3.8) is 0 Å². The molecule has 2 nitrogen and oxygen atoms in total. The Labute approximate surface area is 130 Å². The fraction of sp³-hybridized carbons (Fsp3) is 0.375. The van der Waals surface area contributed by atoms with Crippen molar-refractivity contribution in [2.45, 2.75) is 33.6 Å². The molecule has 20 heavy (non-hydrogen) atoms. The number of aromatic nitrogens is 2. The van der Waals surface area contributed by atoms with Crippen molar-refractivity contribution < 1.29 is 0 Å². The van der Waals surface area contributed by atoms with Crippen molar-refractivity contribution in [1.29, 1.82) is 0 Å². The number of aryl methyl sites for hydroxylation is 2. The first kappa shape index (κ1) is 15.3. The predicted molar refractivity (Wildman–Crippen MR) is 85.4 cm³/mol. The van der Waals surface area contributed by atoms with Gasteiger partial charge in [0, 0.05) is 6.42 Å². The largest absolute Gasteiger partial charge is 0.220 e. The standard InChI is InChI=1S/C16H18Cl2N2/c1-10(2)8-9-13-19-15(17)14(16(18)20-13)12-7-5-4-6-11(12)3/h4-7,10H,8-9H2,1-3H3. The summed E-state index contributed by atoms with van der Waals surface area (Å²) in [4.78, 5) is 8.79. The van der Waals surface area contributed by atoms with E-state index in [4.69, 9.17) is 23.2 Å². The van der Waals surface area contributed by atoms with Gasteiger partial charge in [0.1, 0.15) is 16.1 Å². The van der Waals surface area contributed by atoms with E-state index in [2.05, 4.69) is 23.8 Å². The molecule has 0 saturated carbocycles. The van der Waals surface area contributed by atoms with Gasteiger partial charge in [-0.3, -0.25) is 0 Å². The fourth-order valence-corrected chi connectivity index (χ4v) is 2.68. The number of nitrogens with zero attached hydrogens (tertiary/aromatic N) is 2. The molecule has 106 valence electrons. The van der Waals surface area contributed by atoms with Crippen LogP contribution in [-0.2, 0) is 6.42 Å². The highest BCUT2D eigenvalue weighted by Gasteiger charge is 2.15. The second-order valence-electron chi connectivity index (χ2n) is 5.34. The quantitative estimate of drug-likeness (QED) is 0.712. The van der Waals surface area contributed by atoms with Crippen molar-refractivity contribution in [3.05, 3.63) is 46.0 Å². The van der Waals surface area contributed by atoms with Gasteiger partial charge >= 0.3 is 0 Å². The number of hydrogen-bond acceptors (Lipinski definition) is 2. The Morgan fingerprint density at radius 2 is 1.65 bits per heavy atom. The van der Waals surface area contributed by atoms with E-state index >= 15 is 0 Å². The van der Waals surface area contributed by atoms with Crippen LogP contribution in [0.25, 0.3) is 11.1 Å². The molecule has 2 aromatic rings.